The first-order chi connectivity index (χ1) is 16.6. The van der Waals surface area contributed by atoms with Gasteiger partial charge in [0.1, 0.15) is 11.9 Å². The number of fused-ring (bicyclic) bond motifs is 2. The molecule has 1 unspecified atom stereocenters. The second kappa shape index (κ2) is 8.57. The van der Waals surface area contributed by atoms with Crippen LogP contribution in [0.25, 0.3) is 0 Å². The zero-order valence-corrected chi connectivity index (χ0v) is 19.7. The van der Waals surface area contributed by atoms with Gasteiger partial charge in [0.15, 0.2) is 0 Å². The summed E-state index contributed by atoms with van der Waals surface area (Å²) in [6, 6.07) is 23.5. The Hall–Kier alpha value is -3.14. The van der Waals surface area contributed by atoms with E-state index in [1.165, 1.54) is 36.8 Å². The first kappa shape index (κ1) is 21.4. The van der Waals surface area contributed by atoms with Crippen molar-refractivity contribution in [3.05, 3.63) is 95.3 Å². The summed E-state index contributed by atoms with van der Waals surface area (Å²) in [7, 11) is 0. The van der Waals surface area contributed by atoms with Gasteiger partial charge in [-0.3, -0.25) is 9.78 Å². The van der Waals surface area contributed by atoms with Crippen molar-refractivity contribution in [2.24, 2.45) is 11.8 Å². The zero-order chi connectivity index (χ0) is 23.1. The molecule has 1 amide bonds. The van der Waals surface area contributed by atoms with Crippen LogP contribution in [-0.2, 0) is 5.41 Å². The summed E-state index contributed by atoms with van der Waals surface area (Å²) < 4.78 is 6.19. The fraction of sp³-hybridized carbons (Fsp3) is 0.400. The van der Waals surface area contributed by atoms with E-state index in [2.05, 4.69) is 46.7 Å². The lowest BCUT2D eigenvalue weighted by atomic mass is 9.64. The highest BCUT2D eigenvalue weighted by Crippen LogP contribution is 2.60. The van der Waals surface area contributed by atoms with Gasteiger partial charge in [-0.2, -0.15) is 0 Å². The number of aromatic nitrogens is 1. The molecule has 174 valence electrons. The van der Waals surface area contributed by atoms with Gasteiger partial charge >= 0.3 is 0 Å². The van der Waals surface area contributed by atoms with Gasteiger partial charge in [-0.15, -0.1) is 0 Å². The molecule has 6 rings (SSSR count). The zero-order valence-electron chi connectivity index (χ0n) is 19.7. The van der Waals surface area contributed by atoms with Gasteiger partial charge in [-0.25, -0.2) is 0 Å². The molecule has 3 saturated carbocycles. The van der Waals surface area contributed by atoms with Crippen LogP contribution in [0.5, 0.6) is 5.75 Å². The molecule has 0 radical (unpaired) electrons. The third-order valence-electron chi connectivity index (χ3n) is 8.21. The van der Waals surface area contributed by atoms with Crippen LogP contribution in [0.15, 0.2) is 72.9 Å². The molecular formula is C30H32N2O2. The maximum Gasteiger partial charge on any atom is 0.251 e. The van der Waals surface area contributed by atoms with Crippen LogP contribution < -0.4 is 10.1 Å². The molecular weight excluding hydrogens is 420 g/mol. The van der Waals surface area contributed by atoms with Gasteiger partial charge < -0.3 is 10.1 Å². The van der Waals surface area contributed by atoms with Crippen molar-refractivity contribution in [1.82, 2.24) is 10.3 Å². The monoisotopic (exact) mass is 452 g/mol. The lowest BCUT2D eigenvalue weighted by Crippen LogP contribution is -2.34. The number of benzene rings is 2. The number of hydrogen-bond acceptors (Lipinski definition) is 3. The Morgan fingerprint density at radius 1 is 0.971 bits per heavy atom. The van der Waals surface area contributed by atoms with E-state index in [4.69, 9.17) is 4.74 Å². The molecule has 4 heteroatoms. The molecule has 1 aromatic heterocycles. The Kier molecular flexibility index (Phi) is 5.40. The smallest absolute Gasteiger partial charge is 0.251 e. The van der Waals surface area contributed by atoms with Gasteiger partial charge in [0, 0.05) is 23.2 Å². The molecule has 3 fully saturated rings. The first-order valence-electron chi connectivity index (χ1n) is 12.7. The van der Waals surface area contributed by atoms with E-state index in [1.807, 2.05) is 37.3 Å². The van der Waals surface area contributed by atoms with Gasteiger partial charge in [0.2, 0.25) is 0 Å². The highest BCUT2D eigenvalue weighted by Gasteiger charge is 2.52. The fourth-order valence-electron chi connectivity index (χ4n) is 6.33. The average molecular weight is 453 g/mol. The molecule has 2 bridgehead atoms. The van der Waals surface area contributed by atoms with Crippen molar-refractivity contribution in [3.8, 4) is 5.75 Å². The average Bonchev–Trinajstić information content (AvgIpc) is 3.45. The number of hydrogen-bond donors (Lipinski definition) is 1. The van der Waals surface area contributed by atoms with Crippen molar-refractivity contribution in [2.45, 2.75) is 63.0 Å². The molecule has 1 heterocycles. The Bertz CT molecular complexity index is 1150. The van der Waals surface area contributed by atoms with Crippen LogP contribution in [0, 0.1) is 11.8 Å². The number of carbonyl (C=O) groups is 1. The van der Waals surface area contributed by atoms with Gasteiger partial charge in [-0.05, 0) is 98.4 Å². The summed E-state index contributed by atoms with van der Waals surface area (Å²) in [4.78, 5) is 16.9. The summed E-state index contributed by atoms with van der Waals surface area (Å²) in [5, 5.41) is 3.10. The van der Waals surface area contributed by atoms with Crippen LogP contribution in [0.3, 0.4) is 0 Å². The van der Waals surface area contributed by atoms with Crippen molar-refractivity contribution in [3.63, 3.8) is 0 Å². The van der Waals surface area contributed by atoms with Crippen LogP contribution in [-0.4, -0.2) is 16.9 Å². The summed E-state index contributed by atoms with van der Waals surface area (Å²) in [5.74, 6) is 2.37. The quantitative estimate of drug-likeness (QED) is 0.463. The number of carbonyl (C=O) groups excluding carboxylic acids is 1. The number of amides is 1. The standard InChI is InChI=1S/C30H32N2O2/c1-20(28-4-2-3-17-31-28)34-27-15-11-24(12-16-27)30(19-21-5-8-25(30)18-21)23-9-6-22(7-10-23)29(33)32-26-13-14-26/h2-4,6-7,9-12,15-17,20-21,25-26H,5,8,13-14,18-19H2,1H3,(H,32,33)/t20?,21-,25+,30-/m1/s1. The van der Waals surface area contributed by atoms with Crippen molar-refractivity contribution in [2.75, 3.05) is 0 Å². The Morgan fingerprint density at radius 2 is 1.71 bits per heavy atom. The van der Waals surface area contributed by atoms with Crippen LogP contribution in [0.2, 0.25) is 0 Å². The lowest BCUT2D eigenvalue weighted by Gasteiger charge is -2.39. The van der Waals surface area contributed by atoms with E-state index in [0.717, 1.165) is 35.8 Å². The Morgan fingerprint density at radius 3 is 2.29 bits per heavy atom. The lowest BCUT2D eigenvalue weighted by molar-refractivity contribution is 0.0951. The largest absolute Gasteiger partial charge is 0.484 e. The minimum atomic E-state index is -0.0992. The topological polar surface area (TPSA) is 51.2 Å². The van der Waals surface area contributed by atoms with Gasteiger partial charge in [-0.1, -0.05) is 36.8 Å². The number of pyridine rings is 1. The molecule has 3 aliphatic rings. The Balaban J connectivity index is 1.26. The predicted octanol–water partition coefficient (Wildman–Crippen LogP) is 6.22. The third-order valence-corrected chi connectivity index (χ3v) is 8.21. The maximum atomic E-state index is 12.5. The summed E-state index contributed by atoms with van der Waals surface area (Å²) in [6.07, 6.45) is 9.04. The molecule has 0 spiro atoms. The Labute approximate surface area is 201 Å². The van der Waals surface area contributed by atoms with E-state index < -0.39 is 0 Å². The van der Waals surface area contributed by atoms with Crippen molar-refractivity contribution in [1.29, 1.82) is 0 Å². The highest BCUT2D eigenvalue weighted by atomic mass is 16.5. The van der Waals surface area contributed by atoms with Crippen LogP contribution in [0.4, 0.5) is 0 Å². The molecule has 0 aliphatic heterocycles. The van der Waals surface area contributed by atoms with Gasteiger partial charge in [0.05, 0.1) is 5.69 Å². The highest BCUT2D eigenvalue weighted by molar-refractivity contribution is 5.94. The SMILES string of the molecule is CC(Oc1ccc([C@]2(c3ccc(C(=O)NC4CC4)cc3)C[C@@H]3CC[C@H]2C3)cc1)c1ccccn1. The molecule has 34 heavy (non-hydrogen) atoms. The number of nitrogens with one attached hydrogen (secondary N) is 1. The van der Waals surface area contributed by atoms with Gasteiger partial charge in [0.25, 0.3) is 5.91 Å². The van der Waals surface area contributed by atoms with Crippen molar-refractivity contribution >= 4 is 5.91 Å². The number of ether oxygens (including phenoxy) is 1. The summed E-state index contributed by atoms with van der Waals surface area (Å²) in [5.41, 5.74) is 4.44. The molecule has 0 saturated heterocycles. The van der Waals surface area contributed by atoms with E-state index in [9.17, 15) is 4.79 Å². The molecule has 4 atom stereocenters. The molecule has 3 aliphatic carbocycles. The summed E-state index contributed by atoms with van der Waals surface area (Å²) in [6.45, 7) is 2.04. The minimum Gasteiger partial charge on any atom is -0.484 e. The van der Waals surface area contributed by atoms with Crippen LogP contribution >= 0.6 is 0 Å². The molecule has 4 nitrogen and oxygen atoms in total. The summed E-state index contributed by atoms with van der Waals surface area (Å²) >= 11 is 0. The first-order valence-corrected chi connectivity index (χ1v) is 12.7. The third kappa shape index (κ3) is 3.89. The van der Waals surface area contributed by atoms with Crippen LogP contribution in [0.1, 0.15) is 78.7 Å². The number of rotatable bonds is 7. The molecule has 3 aromatic rings. The number of nitrogens with zero attached hydrogens (tertiary/aromatic N) is 1. The normalized spacial score (nSPS) is 26.3. The van der Waals surface area contributed by atoms with E-state index in [-0.39, 0.29) is 17.4 Å². The second-order valence-corrected chi connectivity index (χ2v) is 10.4. The fourth-order valence-corrected chi connectivity index (χ4v) is 6.33. The minimum absolute atomic E-state index is 0.0273. The molecule has 1 N–H and O–H groups in total. The molecule has 2 aromatic carbocycles. The second-order valence-electron chi connectivity index (χ2n) is 10.4. The van der Waals surface area contributed by atoms with E-state index >= 15 is 0 Å². The van der Waals surface area contributed by atoms with Crippen molar-refractivity contribution < 1.29 is 9.53 Å². The van der Waals surface area contributed by atoms with E-state index in [1.54, 1.807) is 6.20 Å². The predicted molar refractivity (Wildman–Crippen MR) is 133 cm³/mol. The van der Waals surface area contributed by atoms with E-state index in [0.29, 0.717) is 12.0 Å². The maximum absolute atomic E-state index is 12.5.